The second-order valence-electron chi connectivity index (χ2n) is 6.64. The van der Waals surface area contributed by atoms with Crippen LogP contribution in [-0.2, 0) is 0 Å². The van der Waals surface area contributed by atoms with Crippen molar-refractivity contribution in [2.45, 2.75) is 64.8 Å². The lowest BCUT2D eigenvalue weighted by molar-refractivity contribution is 0.166. The predicted molar refractivity (Wildman–Crippen MR) is 78.9 cm³/mol. The Labute approximate surface area is 114 Å². The van der Waals surface area contributed by atoms with E-state index in [0.29, 0.717) is 0 Å². The topological polar surface area (TPSA) is 15.3 Å². The molecule has 2 fully saturated rings. The Kier molecular flexibility index (Phi) is 5.97. The van der Waals surface area contributed by atoms with Gasteiger partial charge in [0.2, 0.25) is 0 Å². The highest BCUT2D eigenvalue weighted by molar-refractivity contribution is 4.79. The van der Waals surface area contributed by atoms with Crippen molar-refractivity contribution >= 4 is 0 Å². The smallest absolute Gasteiger partial charge is 0.0195 e. The van der Waals surface area contributed by atoms with Gasteiger partial charge in [0, 0.05) is 19.1 Å². The lowest BCUT2D eigenvalue weighted by Crippen LogP contribution is -2.45. The van der Waals surface area contributed by atoms with Crippen molar-refractivity contribution < 1.29 is 0 Å². The Balaban J connectivity index is 1.73. The first kappa shape index (κ1) is 14.3. The number of nitrogens with zero attached hydrogens (tertiary/aromatic N) is 1. The van der Waals surface area contributed by atoms with Crippen molar-refractivity contribution in [2.24, 2.45) is 11.8 Å². The first-order chi connectivity index (χ1) is 8.78. The van der Waals surface area contributed by atoms with E-state index in [1.807, 2.05) is 0 Å². The number of rotatable bonds is 5. The first-order valence-electron chi connectivity index (χ1n) is 8.23. The number of hydrogen-bond donors (Lipinski definition) is 1. The van der Waals surface area contributed by atoms with Gasteiger partial charge in [0.1, 0.15) is 0 Å². The van der Waals surface area contributed by atoms with Crippen LogP contribution in [0.5, 0.6) is 0 Å². The number of piperidine rings is 1. The molecule has 0 aromatic carbocycles. The summed E-state index contributed by atoms with van der Waals surface area (Å²) in [6, 6.07) is 0.764. The van der Waals surface area contributed by atoms with Crippen molar-refractivity contribution in [1.82, 2.24) is 10.2 Å². The van der Waals surface area contributed by atoms with Gasteiger partial charge in [-0.05, 0) is 50.6 Å². The number of likely N-dealkylation sites (N-methyl/N-ethyl adjacent to an activating group) is 1. The lowest BCUT2D eigenvalue weighted by atomic mass is 9.82. The molecule has 1 aliphatic carbocycles. The summed E-state index contributed by atoms with van der Waals surface area (Å²) in [5.74, 6) is 1.94. The van der Waals surface area contributed by atoms with Gasteiger partial charge < -0.3 is 10.2 Å². The van der Waals surface area contributed by atoms with Crippen LogP contribution in [0.2, 0.25) is 0 Å². The zero-order chi connectivity index (χ0) is 12.8. The van der Waals surface area contributed by atoms with Gasteiger partial charge in [-0.15, -0.1) is 0 Å². The van der Waals surface area contributed by atoms with Crippen LogP contribution in [0.15, 0.2) is 0 Å². The van der Waals surface area contributed by atoms with Crippen molar-refractivity contribution in [2.75, 3.05) is 26.2 Å². The highest BCUT2D eigenvalue weighted by atomic mass is 15.1. The molecule has 1 heterocycles. The molecule has 0 aromatic rings. The SMILES string of the molecule is CCN(CC1CCCC(C)C1)CC1CCCCN1. The van der Waals surface area contributed by atoms with Crippen LogP contribution in [-0.4, -0.2) is 37.1 Å². The summed E-state index contributed by atoms with van der Waals surface area (Å²) < 4.78 is 0. The van der Waals surface area contributed by atoms with Crippen LogP contribution in [0.4, 0.5) is 0 Å². The van der Waals surface area contributed by atoms with Crippen molar-refractivity contribution in [1.29, 1.82) is 0 Å². The van der Waals surface area contributed by atoms with Gasteiger partial charge in [-0.2, -0.15) is 0 Å². The molecule has 3 atom stereocenters. The van der Waals surface area contributed by atoms with Gasteiger partial charge in [-0.1, -0.05) is 33.1 Å². The minimum Gasteiger partial charge on any atom is -0.313 e. The monoisotopic (exact) mass is 252 g/mol. The zero-order valence-corrected chi connectivity index (χ0v) is 12.5. The van der Waals surface area contributed by atoms with Gasteiger partial charge in [-0.25, -0.2) is 0 Å². The second kappa shape index (κ2) is 7.49. The van der Waals surface area contributed by atoms with Crippen LogP contribution < -0.4 is 5.32 Å². The van der Waals surface area contributed by atoms with Crippen LogP contribution in [0, 0.1) is 11.8 Å². The molecule has 0 amide bonds. The third-order valence-electron chi connectivity index (χ3n) is 4.90. The highest BCUT2D eigenvalue weighted by Gasteiger charge is 2.22. The maximum absolute atomic E-state index is 3.69. The fourth-order valence-electron chi connectivity index (χ4n) is 3.81. The molecule has 0 aromatic heterocycles. The summed E-state index contributed by atoms with van der Waals surface area (Å²) in [6.45, 7) is 9.85. The quantitative estimate of drug-likeness (QED) is 0.808. The lowest BCUT2D eigenvalue weighted by Gasteiger charge is -2.34. The molecule has 0 spiro atoms. The molecular formula is C16H32N2. The molecule has 1 aliphatic heterocycles. The molecule has 18 heavy (non-hydrogen) atoms. The largest absolute Gasteiger partial charge is 0.313 e. The number of nitrogens with one attached hydrogen (secondary N) is 1. The van der Waals surface area contributed by atoms with Gasteiger partial charge in [0.05, 0.1) is 0 Å². The fourth-order valence-corrected chi connectivity index (χ4v) is 3.81. The maximum Gasteiger partial charge on any atom is 0.0195 e. The van der Waals surface area contributed by atoms with Crippen LogP contribution in [0.25, 0.3) is 0 Å². The van der Waals surface area contributed by atoms with Crippen molar-refractivity contribution in [3.8, 4) is 0 Å². The first-order valence-corrected chi connectivity index (χ1v) is 8.23. The van der Waals surface area contributed by atoms with E-state index < -0.39 is 0 Å². The van der Waals surface area contributed by atoms with Gasteiger partial charge in [0.15, 0.2) is 0 Å². The van der Waals surface area contributed by atoms with Crippen molar-refractivity contribution in [3.63, 3.8) is 0 Å². The maximum atomic E-state index is 3.69. The average molecular weight is 252 g/mol. The van der Waals surface area contributed by atoms with E-state index in [0.717, 1.165) is 17.9 Å². The standard InChI is InChI=1S/C16H32N2/c1-3-18(13-16-9-4-5-10-17-16)12-15-8-6-7-14(2)11-15/h14-17H,3-13H2,1-2H3. The molecule has 1 N–H and O–H groups in total. The molecule has 2 rings (SSSR count). The van der Waals surface area contributed by atoms with Gasteiger partial charge >= 0.3 is 0 Å². The van der Waals surface area contributed by atoms with Crippen molar-refractivity contribution in [3.05, 3.63) is 0 Å². The summed E-state index contributed by atoms with van der Waals surface area (Å²) in [6.07, 6.45) is 10.1. The molecule has 1 saturated carbocycles. The second-order valence-corrected chi connectivity index (χ2v) is 6.64. The Morgan fingerprint density at radius 2 is 1.94 bits per heavy atom. The highest BCUT2D eigenvalue weighted by Crippen LogP contribution is 2.29. The molecule has 2 heteroatoms. The third kappa shape index (κ3) is 4.55. The van der Waals surface area contributed by atoms with E-state index >= 15 is 0 Å². The third-order valence-corrected chi connectivity index (χ3v) is 4.90. The molecule has 2 aliphatic rings. The van der Waals surface area contributed by atoms with Crippen LogP contribution >= 0.6 is 0 Å². The Bertz CT molecular complexity index is 223. The molecule has 106 valence electrons. The minimum atomic E-state index is 0.764. The summed E-state index contributed by atoms with van der Waals surface area (Å²) >= 11 is 0. The van der Waals surface area contributed by atoms with Crippen LogP contribution in [0.1, 0.15) is 58.8 Å². The zero-order valence-electron chi connectivity index (χ0n) is 12.5. The summed E-state index contributed by atoms with van der Waals surface area (Å²) in [7, 11) is 0. The summed E-state index contributed by atoms with van der Waals surface area (Å²) in [4.78, 5) is 2.70. The Hall–Kier alpha value is -0.0800. The van der Waals surface area contributed by atoms with E-state index in [4.69, 9.17) is 0 Å². The normalized spacial score (nSPS) is 33.8. The Morgan fingerprint density at radius 3 is 2.61 bits per heavy atom. The molecule has 0 radical (unpaired) electrons. The molecular weight excluding hydrogens is 220 g/mol. The van der Waals surface area contributed by atoms with Crippen LogP contribution in [0.3, 0.4) is 0 Å². The van der Waals surface area contributed by atoms with Gasteiger partial charge in [0.25, 0.3) is 0 Å². The fraction of sp³-hybridized carbons (Fsp3) is 1.00. The predicted octanol–water partition coefficient (Wildman–Crippen LogP) is 3.28. The summed E-state index contributed by atoms with van der Waals surface area (Å²) in [5.41, 5.74) is 0. The molecule has 1 saturated heterocycles. The average Bonchev–Trinajstić information content (AvgIpc) is 2.39. The molecule has 3 unspecified atom stereocenters. The van der Waals surface area contributed by atoms with E-state index in [1.165, 1.54) is 71.1 Å². The van der Waals surface area contributed by atoms with Gasteiger partial charge in [-0.3, -0.25) is 0 Å². The molecule has 0 bridgehead atoms. The summed E-state index contributed by atoms with van der Waals surface area (Å²) in [5, 5.41) is 3.69. The Morgan fingerprint density at radius 1 is 1.06 bits per heavy atom. The number of hydrogen-bond acceptors (Lipinski definition) is 2. The minimum absolute atomic E-state index is 0.764. The van der Waals surface area contributed by atoms with E-state index in [-0.39, 0.29) is 0 Å². The van der Waals surface area contributed by atoms with E-state index in [1.54, 1.807) is 0 Å². The van der Waals surface area contributed by atoms with E-state index in [2.05, 4.69) is 24.1 Å². The molecule has 2 nitrogen and oxygen atoms in total. The van der Waals surface area contributed by atoms with E-state index in [9.17, 15) is 0 Å².